The predicted octanol–water partition coefficient (Wildman–Crippen LogP) is 3.13. The summed E-state index contributed by atoms with van der Waals surface area (Å²) >= 11 is 5.93. The number of amides is 1. The molecule has 7 heteroatoms. The van der Waals surface area contributed by atoms with Crippen LogP contribution in [0.25, 0.3) is 0 Å². The molecule has 0 unspecified atom stereocenters. The third-order valence-corrected chi connectivity index (χ3v) is 4.67. The highest BCUT2D eigenvalue weighted by Crippen LogP contribution is 2.24. The van der Waals surface area contributed by atoms with Crippen LogP contribution in [0.5, 0.6) is 0 Å². The van der Waals surface area contributed by atoms with Crippen molar-refractivity contribution in [2.75, 3.05) is 15.9 Å². The number of sulfonamides is 1. The van der Waals surface area contributed by atoms with Crippen LogP contribution in [0.2, 0.25) is 5.02 Å². The number of hydrogen-bond donors (Lipinski definition) is 1. The average molecular weight is 353 g/mol. The molecule has 2 aromatic carbocycles. The van der Waals surface area contributed by atoms with Crippen molar-refractivity contribution >= 4 is 38.9 Å². The number of hydrogen-bond acceptors (Lipinski definition) is 3. The van der Waals surface area contributed by atoms with E-state index in [1.54, 1.807) is 42.5 Å². The Morgan fingerprint density at radius 2 is 1.78 bits per heavy atom. The van der Waals surface area contributed by atoms with Crippen LogP contribution in [0, 0.1) is 0 Å². The third-order valence-electron chi connectivity index (χ3n) is 3.19. The normalized spacial score (nSPS) is 12.5. The minimum Gasteiger partial charge on any atom is -0.324 e. The zero-order valence-corrected chi connectivity index (χ0v) is 14.3. The van der Waals surface area contributed by atoms with Gasteiger partial charge in [0.1, 0.15) is 6.04 Å². The van der Waals surface area contributed by atoms with Crippen LogP contribution in [0.3, 0.4) is 0 Å². The third kappa shape index (κ3) is 4.46. The van der Waals surface area contributed by atoms with E-state index in [1.807, 2.05) is 6.07 Å². The second-order valence-corrected chi connectivity index (χ2v) is 7.37. The van der Waals surface area contributed by atoms with Crippen molar-refractivity contribution in [1.29, 1.82) is 0 Å². The van der Waals surface area contributed by atoms with Crippen molar-refractivity contribution < 1.29 is 13.2 Å². The maximum Gasteiger partial charge on any atom is 0.247 e. The molecule has 1 atom stereocenters. The molecule has 0 aliphatic carbocycles. The molecular formula is C16H17ClN2O3S. The molecule has 1 N–H and O–H groups in total. The average Bonchev–Trinajstić information content (AvgIpc) is 2.47. The Kier molecular flexibility index (Phi) is 5.28. The summed E-state index contributed by atoms with van der Waals surface area (Å²) in [5.41, 5.74) is 0.944. The van der Waals surface area contributed by atoms with Gasteiger partial charge < -0.3 is 5.32 Å². The molecule has 0 bridgehead atoms. The fraction of sp³-hybridized carbons (Fsp3) is 0.188. The van der Waals surface area contributed by atoms with Crippen LogP contribution in [0.15, 0.2) is 54.6 Å². The summed E-state index contributed by atoms with van der Waals surface area (Å²) < 4.78 is 25.3. The fourth-order valence-electron chi connectivity index (χ4n) is 2.19. The van der Waals surface area contributed by atoms with Gasteiger partial charge in [-0.15, -0.1) is 0 Å². The molecule has 0 saturated heterocycles. The second kappa shape index (κ2) is 7.02. The van der Waals surface area contributed by atoms with Crippen LogP contribution in [-0.2, 0) is 14.8 Å². The van der Waals surface area contributed by atoms with Crippen molar-refractivity contribution in [3.8, 4) is 0 Å². The first-order chi connectivity index (χ1) is 10.8. The van der Waals surface area contributed by atoms with Gasteiger partial charge in [0, 0.05) is 10.7 Å². The molecular weight excluding hydrogens is 336 g/mol. The molecule has 0 aliphatic rings. The lowest BCUT2D eigenvalue weighted by Crippen LogP contribution is -2.45. The van der Waals surface area contributed by atoms with Crippen molar-refractivity contribution in [3.05, 3.63) is 59.6 Å². The van der Waals surface area contributed by atoms with Crippen molar-refractivity contribution in [3.63, 3.8) is 0 Å². The number of para-hydroxylation sites is 1. The summed E-state index contributed by atoms with van der Waals surface area (Å²) in [6.45, 7) is 1.53. The van der Waals surface area contributed by atoms with Crippen molar-refractivity contribution in [2.24, 2.45) is 0 Å². The van der Waals surface area contributed by atoms with E-state index in [0.29, 0.717) is 16.4 Å². The van der Waals surface area contributed by atoms with Gasteiger partial charge in [0.15, 0.2) is 0 Å². The minimum absolute atomic E-state index is 0.343. The van der Waals surface area contributed by atoms with Crippen LogP contribution >= 0.6 is 11.6 Å². The molecule has 0 aromatic heterocycles. The van der Waals surface area contributed by atoms with Gasteiger partial charge in [-0.2, -0.15) is 0 Å². The summed E-state index contributed by atoms with van der Waals surface area (Å²) in [6, 6.07) is 14.3. The van der Waals surface area contributed by atoms with Crippen molar-refractivity contribution in [2.45, 2.75) is 13.0 Å². The quantitative estimate of drug-likeness (QED) is 0.899. The highest BCUT2D eigenvalue weighted by molar-refractivity contribution is 7.92. The standard InChI is InChI=1S/C16H17ClN2O3S/c1-12(16(20)18-14-8-4-3-5-9-14)19(23(2,21)22)15-10-6-7-13(17)11-15/h3-12H,1-2H3,(H,18,20)/t12-/m0/s1. The molecule has 2 aromatic rings. The number of carbonyl (C=O) groups is 1. The van der Waals surface area contributed by atoms with E-state index in [-0.39, 0.29) is 0 Å². The molecule has 0 saturated carbocycles. The molecule has 0 fully saturated rings. The first-order valence-electron chi connectivity index (χ1n) is 6.90. The summed E-state index contributed by atoms with van der Waals surface area (Å²) in [6.07, 6.45) is 1.06. The Bertz CT molecular complexity index is 794. The second-order valence-electron chi connectivity index (χ2n) is 5.07. The smallest absolute Gasteiger partial charge is 0.247 e. The zero-order valence-electron chi connectivity index (χ0n) is 12.7. The van der Waals surface area contributed by atoms with Gasteiger partial charge in [-0.3, -0.25) is 9.10 Å². The Hall–Kier alpha value is -2.05. The Balaban J connectivity index is 2.31. The van der Waals surface area contributed by atoms with E-state index in [4.69, 9.17) is 11.6 Å². The number of benzene rings is 2. The Labute approximate surface area is 140 Å². The topological polar surface area (TPSA) is 66.5 Å². The van der Waals surface area contributed by atoms with E-state index in [0.717, 1.165) is 10.6 Å². The zero-order chi connectivity index (χ0) is 17.0. The maximum atomic E-state index is 12.4. The molecule has 0 radical (unpaired) electrons. The monoisotopic (exact) mass is 352 g/mol. The van der Waals surface area contributed by atoms with E-state index in [2.05, 4.69) is 5.32 Å². The Morgan fingerprint density at radius 3 is 2.35 bits per heavy atom. The predicted molar refractivity (Wildman–Crippen MR) is 93.3 cm³/mol. The van der Waals surface area contributed by atoms with E-state index in [9.17, 15) is 13.2 Å². The molecule has 0 aliphatic heterocycles. The summed E-state index contributed by atoms with van der Waals surface area (Å²) in [5.74, 6) is -0.429. The van der Waals surface area contributed by atoms with Crippen molar-refractivity contribution in [1.82, 2.24) is 0 Å². The lowest BCUT2D eigenvalue weighted by atomic mass is 10.2. The van der Waals surface area contributed by atoms with Gasteiger partial charge in [0.25, 0.3) is 0 Å². The van der Waals surface area contributed by atoms with Gasteiger partial charge in [0.05, 0.1) is 11.9 Å². The number of nitrogens with zero attached hydrogens (tertiary/aromatic N) is 1. The minimum atomic E-state index is -3.66. The summed E-state index contributed by atoms with van der Waals surface area (Å²) in [4.78, 5) is 12.4. The summed E-state index contributed by atoms with van der Waals surface area (Å²) in [7, 11) is -3.66. The fourth-order valence-corrected chi connectivity index (χ4v) is 3.54. The summed E-state index contributed by atoms with van der Waals surface area (Å²) in [5, 5.41) is 3.10. The first kappa shape index (κ1) is 17.3. The molecule has 0 spiro atoms. The number of carbonyl (C=O) groups excluding carboxylic acids is 1. The molecule has 5 nitrogen and oxygen atoms in total. The highest BCUT2D eigenvalue weighted by atomic mass is 35.5. The number of nitrogens with one attached hydrogen (secondary N) is 1. The van der Waals surface area contributed by atoms with Crippen LogP contribution in [0.4, 0.5) is 11.4 Å². The lowest BCUT2D eigenvalue weighted by molar-refractivity contribution is -0.116. The van der Waals surface area contributed by atoms with Gasteiger partial charge in [-0.25, -0.2) is 8.42 Å². The van der Waals surface area contributed by atoms with Crippen LogP contribution < -0.4 is 9.62 Å². The largest absolute Gasteiger partial charge is 0.324 e. The van der Waals surface area contributed by atoms with E-state index in [1.165, 1.54) is 13.0 Å². The van der Waals surface area contributed by atoms with Gasteiger partial charge >= 0.3 is 0 Å². The van der Waals surface area contributed by atoms with Gasteiger partial charge in [-0.05, 0) is 37.3 Å². The lowest BCUT2D eigenvalue weighted by Gasteiger charge is -2.28. The maximum absolute atomic E-state index is 12.4. The van der Waals surface area contributed by atoms with Gasteiger partial charge in [-0.1, -0.05) is 35.9 Å². The van der Waals surface area contributed by atoms with E-state index < -0.39 is 22.0 Å². The SMILES string of the molecule is C[C@@H](C(=O)Nc1ccccc1)N(c1cccc(Cl)c1)S(C)(=O)=O. The Morgan fingerprint density at radius 1 is 1.13 bits per heavy atom. The van der Waals surface area contributed by atoms with E-state index >= 15 is 0 Å². The number of rotatable bonds is 5. The molecule has 1 amide bonds. The molecule has 23 heavy (non-hydrogen) atoms. The number of halogens is 1. The highest BCUT2D eigenvalue weighted by Gasteiger charge is 2.29. The van der Waals surface area contributed by atoms with Crippen LogP contribution in [-0.4, -0.2) is 26.6 Å². The molecule has 122 valence electrons. The number of anilines is 2. The first-order valence-corrected chi connectivity index (χ1v) is 9.12. The van der Waals surface area contributed by atoms with Gasteiger partial charge in [0.2, 0.25) is 15.9 Å². The van der Waals surface area contributed by atoms with Crippen LogP contribution in [0.1, 0.15) is 6.92 Å². The molecule has 2 rings (SSSR count). The molecule has 0 heterocycles.